The molecule has 0 saturated heterocycles. The number of carbonyl (C=O) groups is 1. The summed E-state index contributed by atoms with van der Waals surface area (Å²) in [6.07, 6.45) is 5.71. The third-order valence-corrected chi connectivity index (χ3v) is 3.62. The largest absolute Gasteiger partial charge is 0.382 e. The van der Waals surface area contributed by atoms with Gasteiger partial charge >= 0.3 is 0 Å². The number of nitrogens with two attached hydrogens (primary N) is 1. The lowest BCUT2D eigenvalue weighted by atomic mass is 9.88. The monoisotopic (exact) mass is 268 g/mol. The predicted octanol–water partition coefficient (Wildman–Crippen LogP) is 1.35. The van der Waals surface area contributed by atoms with Crippen molar-refractivity contribution in [3.05, 3.63) is 53.5 Å². The Kier molecular flexibility index (Phi) is 3.33. The number of nitrogens with one attached hydrogen (secondary N) is 1. The third kappa shape index (κ3) is 2.47. The second kappa shape index (κ2) is 5.28. The first-order valence-electron chi connectivity index (χ1n) is 6.68. The number of rotatable bonds is 2. The molecule has 0 spiro atoms. The van der Waals surface area contributed by atoms with Gasteiger partial charge in [-0.2, -0.15) is 0 Å². The lowest BCUT2D eigenvalue weighted by molar-refractivity contribution is 0.0929. The van der Waals surface area contributed by atoms with Crippen LogP contribution in [-0.4, -0.2) is 21.9 Å². The van der Waals surface area contributed by atoms with Crippen molar-refractivity contribution in [2.75, 3.05) is 5.73 Å². The molecule has 3 rings (SSSR count). The van der Waals surface area contributed by atoms with Crippen molar-refractivity contribution in [1.29, 1.82) is 0 Å². The number of hydrogen-bond acceptors (Lipinski definition) is 4. The molecule has 1 aromatic heterocycles. The summed E-state index contributed by atoms with van der Waals surface area (Å²) in [6, 6.07) is 8.47. The molecule has 2 aromatic rings. The normalized spacial score (nSPS) is 17.3. The van der Waals surface area contributed by atoms with Gasteiger partial charge in [-0.25, -0.2) is 9.97 Å². The van der Waals surface area contributed by atoms with Gasteiger partial charge in [0.05, 0.1) is 0 Å². The molecule has 0 fully saturated rings. The summed E-state index contributed by atoms with van der Waals surface area (Å²) < 4.78 is 0. The number of anilines is 1. The highest BCUT2D eigenvalue weighted by molar-refractivity contribution is 5.96. The van der Waals surface area contributed by atoms with Gasteiger partial charge in [-0.05, 0) is 30.4 Å². The van der Waals surface area contributed by atoms with Crippen molar-refractivity contribution < 1.29 is 4.79 Å². The van der Waals surface area contributed by atoms with E-state index in [0.717, 1.165) is 19.3 Å². The number of amides is 1. The van der Waals surface area contributed by atoms with Crippen LogP contribution in [0.25, 0.3) is 0 Å². The SMILES string of the molecule is Nc1nccnc1C(=O)N[C@H]1CCc2ccccc2C1. The maximum atomic E-state index is 12.2. The van der Waals surface area contributed by atoms with E-state index >= 15 is 0 Å². The lowest BCUT2D eigenvalue weighted by Crippen LogP contribution is -2.39. The van der Waals surface area contributed by atoms with Crippen LogP contribution >= 0.6 is 0 Å². The number of benzene rings is 1. The molecule has 0 radical (unpaired) electrons. The number of aryl methyl sites for hydroxylation is 1. The summed E-state index contributed by atoms with van der Waals surface area (Å²) in [7, 11) is 0. The minimum Gasteiger partial charge on any atom is -0.382 e. The molecule has 1 aromatic carbocycles. The Morgan fingerprint density at radius 2 is 1.95 bits per heavy atom. The molecule has 0 saturated carbocycles. The first kappa shape index (κ1) is 12.6. The summed E-state index contributed by atoms with van der Waals surface area (Å²) >= 11 is 0. The molecule has 0 aliphatic heterocycles. The molecule has 102 valence electrons. The number of aromatic nitrogens is 2. The fourth-order valence-electron chi connectivity index (χ4n) is 2.60. The Bertz CT molecular complexity index is 641. The molecule has 1 amide bonds. The fourth-order valence-corrected chi connectivity index (χ4v) is 2.60. The Hall–Kier alpha value is -2.43. The number of carbonyl (C=O) groups excluding carboxylic acids is 1. The molecule has 1 atom stereocenters. The van der Waals surface area contributed by atoms with Crippen LogP contribution in [0.4, 0.5) is 5.82 Å². The van der Waals surface area contributed by atoms with Gasteiger partial charge in [-0.3, -0.25) is 4.79 Å². The molecule has 3 N–H and O–H groups in total. The van der Waals surface area contributed by atoms with Crippen LogP contribution in [0.2, 0.25) is 0 Å². The summed E-state index contributed by atoms with van der Waals surface area (Å²) in [4.78, 5) is 20.0. The fraction of sp³-hybridized carbons (Fsp3) is 0.267. The second-order valence-electron chi connectivity index (χ2n) is 4.97. The van der Waals surface area contributed by atoms with Crippen LogP contribution in [-0.2, 0) is 12.8 Å². The zero-order chi connectivity index (χ0) is 13.9. The van der Waals surface area contributed by atoms with Gasteiger partial charge in [-0.15, -0.1) is 0 Å². The molecule has 0 bridgehead atoms. The summed E-state index contributed by atoms with van der Waals surface area (Å²) in [5.74, 6) is -0.0822. The average molecular weight is 268 g/mol. The topological polar surface area (TPSA) is 80.9 Å². The van der Waals surface area contributed by atoms with Crippen molar-refractivity contribution in [2.45, 2.75) is 25.3 Å². The average Bonchev–Trinajstić information content (AvgIpc) is 2.47. The number of nitrogens with zero attached hydrogens (tertiary/aromatic N) is 2. The number of fused-ring (bicyclic) bond motifs is 1. The second-order valence-corrected chi connectivity index (χ2v) is 4.97. The van der Waals surface area contributed by atoms with Crippen LogP contribution in [0.3, 0.4) is 0 Å². The van der Waals surface area contributed by atoms with E-state index in [1.165, 1.54) is 23.5 Å². The summed E-state index contributed by atoms with van der Waals surface area (Å²) in [5.41, 5.74) is 8.54. The van der Waals surface area contributed by atoms with E-state index in [9.17, 15) is 4.79 Å². The molecule has 1 aliphatic rings. The smallest absolute Gasteiger partial charge is 0.273 e. The van der Waals surface area contributed by atoms with Gasteiger partial charge in [0, 0.05) is 18.4 Å². The minimum atomic E-state index is -0.250. The lowest BCUT2D eigenvalue weighted by Gasteiger charge is -2.25. The molecular formula is C15H16N4O. The Morgan fingerprint density at radius 1 is 1.20 bits per heavy atom. The van der Waals surface area contributed by atoms with Crippen molar-refractivity contribution in [2.24, 2.45) is 0 Å². The summed E-state index contributed by atoms with van der Waals surface area (Å²) in [5, 5.41) is 3.00. The predicted molar refractivity (Wildman–Crippen MR) is 76.2 cm³/mol. The Balaban J connectivity index is 1.71. The van der Waals surface area contributed by atoms with Crippen LogP contribution in [0.15, 0.2) is 36.7 Å². The maximum Gasteiger partial charge on any atom is 0.273 e. The maximum absolute atomic E-state index is 12.2. The molecule has 5 nitrogen and oxygen atoms in total. The van der Waals surface area contributed by atoms with E-state index in [0.29, 0.717) is 0 Å². The third-order valence-electron chi connectivity index (χ3n) is 3.62. The molecular weight excluding hydrogens is 252 g/mol. The highest BCUT2D eigenvalue weighted by Crippen LogP contribution is 2.21. The molecule has 0 unspecified atom stereocenters. The number of nitrogen functional groups attached to an aromatic ring is 1. The highest BCUT2D eigenvalue weighted by Gasteiger charge is 2.21. The quantitative estimate of drug-likeness (QED) is 0.861. The van der Waals surface area contributed by atoms with Crippen molar-refractivity contribution >= 4 is 11.7 Å². The zero-order valence-corrected chi connectivity index (χ0v) is 11.0. The van der Waals surface area contributed by atoms with E-state index in [1.807, 2.05) is 6.07 Å². The van der Waals surface area contributed by atoms with Crippen LogP contribution in [0.1, 0.15) is 28.0 Å². The molecule has 20 heavy (non-hydrogen) atoms. The van der Waals surface area contributed by atoms with E-state index in [2.05, 4.69) is 33.5 Å². The van der Waals surface area contributed by atoms with E-state index in [1.54, 1.807) is 0 Å². The van der Waals surface area contributed by atoms with Crippen molar-refractivity contribution in [3.63, 3.8) is 0 Å². The van der Waals surface area contributed by atoms with Gasteiger partial charge in [0.25, 0.3) is 5.91 Å². The first-order valence-corrected chi connectivity index (χ1v) is 6.68. The standard InChI is InChI=1S/C15H16N4O/c16-14-13(17-7-8-18-14)15(20)19-12-6-5-10-3-1-2-4-11(10)9-12/h1-4,7-8,12H,5-6,9H2,(H2,16,18)(H,19,20)/t12-/m0/s1. The minimum absolute atomic E-state index is 0.124. The van der Waals surface area contributed by atoms with E-state index < -0.39 is 0 Å². The summed E-state index contributed by atoms with van der Waals surface area (Å²) in [6.45, 7) is 0. The van der Waals surface area contributed by atoms with E-state index in [4.69, 9.17) is 5.73 Å². The van der Waals surface area contributed by atoms with Gasteiger partial charge < -0.3 is 11.1 Å². The Morgan fingerprint density at radius 3 is 2.75 bits per heavy atom. The van der Waals surface area contributed by atoms with Gasteiger partial charge in [0.15, 0.2) is 11.5 Å². The van der Waals surface area contributed by atoms with Gasteiger partial charge in [0.2, 0.25) is 0 Å². The highest BCUT2D eigenvalue weighted by atomic mass is 16.2. The van der Waals surface area contributed by atoms with Crippen molar-refractivity contribution in [3.8, 4) is 0 Å². The van der Waals surface area contributed by atoms with Crippen LogP contribution in [0.5, 0.6) is 0 Å². The zero-order valence-electron chi connectivity index (χ0n) is 11.0. The number of hydrogen-bond donors (Lipinski definition) is 2. The first-order chi connectivity index (χ1) is 9.74. The van der Waals surface area contributed by atoms with Crippen LogP contribution < -0.4 is 11.1 Å². The Labute approximate surface area is 117 Å². The van der Waals surface area contributed by atoms with Crippen molar-refractivity contribution in [1.82, 2.24) is 15.3 Å². The molecule has 1 aliphatic carbocycles. The molecule has 1 heterocycles. The van der Waals surface area contributed by atoms with Gasteiger partial charge in [-0.1, -0.05) is 24.3 Å². The van der Waals surface area contributed by atoms with Crippen LogP contribution in [0, 0.1) is 0 Å². The molecule has 5 heteroatoms. The van der Waals surface area contributed by atoms with E-state index in [-0.39, 0.29) is 23.5 Å². The van der Waals surface area contributed by atoms with Gasteiger partial charge in [0.1, 0.15) is 0 Å².